The Balaban J connectivity index is 2.43. The number of rotatable bonds is 7. The van der Waals surface area contributed by atoms with Gasteiger partial charge in [-0.3, -0.25) is 9.59 Å². The molecule has 1 aromatic rings. The van der Waals surface area contributed by atoms with Crippen LogP contribution in [0, 0.1) is 18.7 Å². The van der Waals surface area contributed by atoms with Gasteiger partial charge < -0.3 is 10.4 Å². The van der Waals surface area contributed by atoms with Crippen molar-refractivity contribution < 1.29 is 19.1 Å². The molecule has 2 N–H and O–H groups in total. The molecule has 1 rings (SSSR count). The van der Waals surface area contributed by atoms with Crippen LogP contribution in [0.1, 0.15) is 25.0 Å². The van der Waals surface area contributed by atoms with Crippen molar-refractivity contribution >= 4 is 23.6 Å². The van der Waals surface area contributed by atoms with E-state index >= 15 is 0 Å². The molecule has 0 aromatic heterocycles. The van der Waals surface area contributed by atoms with Crippen molar-refractivity contribution in [2.45, 2.75) is 32.6 Å². The Kier molecular flexibility index (Phi) is 6.68. The van der Waals surface area contributed by atoms with E-state index in [-0.39, 0.29) is 23.4 Å². The van der Waals surface area contributed by atoms with E-state index in [4.69, 9.17) is 5.11 Å². The molecule has 4 nitrogen and oxygen atoms in total. The summed E-state index contributed by atoms with van der Waals surface area (Å²) in [5.41, 5.74) is 1.34. The molecule has 6 heteroatoms. The van der Waals surface area contributed by atoms with E-state index in [1.807, 2.05) is 13.8 Å². The molecule has 0 radical (unpaired) electrons. The van der Waals surface area contributed by atoms with Gasteiger partial charge in [-0.15, -0.1) is 11.8 Å². The standard InChI is InChI=1S/C15H20FNO3S/c1-9(2)14(15(19)20)21-8-13(18)17-7-11-4-5-12(16)10(3)6-11/h4-6,9,14H,7-8H2,1-3H3,(H,17,18)(H,19,20). The SMILES string of the molecule is Cc1cc(CNC(=O)CSC(C(=O)O)C(C)C)ccc1F. The molecule has 1 atom stereocenters. The second-order valence-electron chi connectivity index (χ2n) is 5.17. The molecule has 0 saturated carbocycles. The Hall–Kier alpha value is -1.56. The number of hydrogen-bond donors (Lipinski definition) is 2. The van der Waals surface area contributed by atoms with Gasteiger partial charge in [-0.2, -0.15) is 0 Å². The summed E-state index contributed by atoms with van der Waals surface area (Å²) in [6, 6.07) is 4.66. The second-order valence-corrected chi connectivity index (χ2v) is 6.30. The van der Waals surface area contributed by atoms with Crippen LogP contribution in [0.2, 0.25) is 0 Å². The number of benzene rings is 1. The minimum absolute atomic E-state index is 0.0416. The minimum Gasteiger partial charge on any atom is -0.480 e. The molecular formula is C15H20FNO3S. The van der Waals surface area contributed by atoms with E-state index in [0.717, 1.165) is 17.3 Å². The van der Waals surface area contributed by atoms with Gasteiger partial charge in [-0.25, -0.2) is 4.39 Å². The average molecular weight is 313 g/mol. The highest BCUT2D eigenvalue weighted by molar-refractivity contribution is 8.01. The predicted octanol–water partition coefficient (Wildman–Crippen LogP) is 2.59. The fraction of sp³-hybridized carbons (Fsp3) is 0.467. The molecule has 0 spiro atoms. The normalized spacial score (nSPS) is 12.2. The third-order valence-electron chi connectivity index (χ3n) is 2.95. The van der Waals surface area contributed by atoms with Crippen molar-refractivity contribution in [3.05, 3.63) is 35.1 Å². The van der Waals surface area contributed by atoms with Crippen LogP contribution in [0.3, 0.4) is 0 Å². The number of halogens is 1. The van der Waals surface area contributed by atoms with Crippen molar-refractivity contribution in [3.63, 3.8) is 0 Å². The van der Waals surface area contributed by atoms with E-state index in [9.17, 15) is 14.0 Å². The Morgan fingerprint density at radius 3 is 2.57 bits per heavy atom. The Bertz CT molecular complexity index is 520. The molecule has 0 aliphatic carbocycles. The first-order valence-corrected chi connectivity index (χ1v) is 7.72. The van der Waals surface area contributed by atoms with Crippen LogP contribution in [0.15, 0.2) is 18.2 Å². The Morgan fingerprint density at radius 2 is 2.05 bits per heavy atom. The molecule has 0 aliphatic heterocycles. The second kappa shape index (κ2) is 8.02. The van der Waals surface area contributed by atoms with E-state index < -0.39 is 11.2 Å². The zero-order valence-electron chi connectivity index (χ0n) is 12.4. The minimum atomic E-state index is -0.906. The monoisotopic (exact) mass is 313 g/mol. The van der Waals surface area contributed by atoms with E-state index in [0.29, 0.717) is 12.1 Å². The summed E-state index contributed by atoms with van der Waals surface area (Å²) in [5.74, 6) is -1.36. The van der Waals surface area contributed by atoms with E-state index in [2.05, 4.69) is 5.32 Å². The average Bonchev–Trinajstić information content (AvgIpc) is 2.39. The summed E-state index contributed by atoms with van der Waals surface area (Å²) in [4.78, 5) is 22.7. The van der Waals surface area contributed by atoms with Crippen molar-refractivity contribution in [1.82, 2.24) is 5.32 Å². The lowest BCUT2D eigenvalue weighted by Gasteiger charge is -2.15. The predicted molar refractivity (Wildman–Crippen MR) is 81.7 cm³/mol. The van der Waals surface area contributed by atoms with Crippen LogP contribution in [0.25, 0.3) is 0 Å². The highest BCUT2D eigenvalue weighted by Gasteiger charge is 2.22. The third kappa shape index (κ3) is 5.75. The van der Waals surface area contributed by atoms with Crippen molar-refractivity contribution in [1.29, 1.82) is 0 Å². The van der Waals surface area contributed by atoms with Gasteiger partial charge in [-0.05, 0) is 30.0 Å². The van der Waals surface area contributed by atoms with Crippen LogP contribution >= 0.6 is 11.8 Å². The number of thioether (sulfide) groups is 1. The number of carbonyl (C=O) groups is 2. The molecular weight excluding hydrogens is 293 g/mol. The van der Waals surface area contributed by atoms with Crippen molar-refractivity contribution in [2.24, 2.45) is 5.92 Å². The van der Waals surface area contributed by atoms with E-state index in [1.165, 1.54) is 6.07 Å². The van der Waals surface area contributed by atoms with Gasteiger partial charge in [0, 0.05) is 6.54 Å². The molecule has 0 aliphatic rings. The molecule has 1 aromatic carbocycles. The molecule has 0 saturated heterocycles. The third-order valence-corrected chi connectivity index (χ3v) is 4.49. The number of carboxylic acids is 1. The van der Waals surface area contributed by atoms with Crippen molar-refractivity contribution in [3.8, 4) is 0 Å². The zero-order chi connectivity index (χ0) is 16.0. The summed E-state index contributed by atoms with van der Waals surface area (Å²) in [6.45, 7) is 5.59. The van der Waals surface area contributed by atoms with Crippen LogP contribution < -0.4 is 5.32 Å². The van der Waals surface area contributed by atoms with Crippen molar-refractivity contribution in [2.75, 3.05) is 5.75 Å². The molecule has 1 amide bonds. The molecule has 1 unspecified atom stereocenters. The molecule has 0 heterocycles. The molecule has 21 heavy (non-hydrogen) atoms. The fourth-order valence-corrected chi connectivity index (χ4v) is 2.74. The van der Waals surface area contributed by atoms with Gasteiger partial charge in [0.05, 0.1) is 5.75 Å². The van der Waals surface area contributed by atoms with Gasteiger partial charge in [0.15, 0.2) is 0 Å². The van der Waals surface area contributed by atoms with Gasteiger partial charge in [0.1, 0.15) is 11.1 Å². The summed E-state index contributed by atoms with van der Waals surface area (Å²) >= 11 is 1.12. The number of nitrogens with one attached hydrogen (secondary N) is 1. The number of aliphatic carboxylic acids is 1. The smallest absolute Gasteiger partial charge is 0.316 e. The topological polar surface area (TPSA) is 66.4 Å². The van der Waals surface area contributed by atoms with Gasteiger partial charge in [0.2, 0.25) is 5.91 Å². The number of carboxylic acid groups (broad SMARTS) is 1. The van der Waals surface area contributed by atoms with Crippen LogP contribution in [0.5, 0.6) is 0 Å². The lowest BCUT2D eigenvalue weighted by molar-refractivity contribution is -0.137. The van der Waals surface area contributed by atoms with Gasteiger partial charge >= 0.3 is 5.97 Å². The Labute approximate surface area is 128 Å². The van der Waals surface area contributed by atoms with E-state index in [1.54, 1.807) is 19.1 Å². The van der Waals surface area contributed by atoms with Crippen LogP contribution in [-0.2, 0) is 16.1 Å². The fourth-order valence-electron chi connectivity index (χ4n) is 1.78. The Morgan fingerprint density at radius 1 is 1.38 bits per heavy atom. The zero-order valence-corrected chi connectivity index (χ0v) is 13.2. The van der Waals surface area contributed by atoms with Crippen LogP contribution in [-0.4, -0.2) is 28.0 Å². The number of carbonyl (C=O) groups excluding carboxylic acids is 1. The summed E-state index contributed by atoms with van der Waals surface area (Å²) in [5, 5.41) is 11.1. The maximum Gasteiger partial charge on any atom is 0.316 e. The van der Waals surface area contributed by atoms with Crippen LogP contribution in [0.4, 0.5) is 4.39 Å². The first-order valence-electron chi connectivity index (χ1n) is 6.67. The lowest BCUT2D eigenvalue weighted by Crippen LogP contribution is -2.29. The summed E-state index contributed by atoms with van der Waals surface area (Å²) in [6.07, 6.45) is 0. The number of amides is 1. The highest BCUT2D eigenvalue weighted by Crippen LogP contribution is 2.19. The summed E-state index contributed by atoms with van der Waals surface area (Å²) in [7, 11) is 0. The first-order chi connectivity index (χ1) is 9.81. The largest absolute Gasteiger partial charge is 0.480 e. The maximum absolute atomic E-state index is 13.1. The highest BCUT2D eigenvalue weighted by atomic mass is 32.2. The lowest BCUT2D eigenvalue weighted by atomic mass is 10.1. The number of hydrogen-bond acceptors (Lipinski definition) is 3. The number of aryl methyl sites for hydroxylation is 1. The quantitative estimate of drug-likeness (QED) is 0.812. The molecule has 116 valence electrons. The molecule has 0 fully saturated rings. The summed E-state index contributed by atoms with van der Waals surface area (Å²) < 4.78 is 13.1. The maximum atomic E-state index is 13.1. The first kappa shape index (κ1) is 17.5. The molecule has 0 bridgehead atoms. The van der Waals surface area contributed by atoms with Gasteiger partial charge in [0.25, 0.3) is 0 Å². The van der Waals surface area contributed by atoms with Gasteiger partial charge in [-0.1, -0.05) is 26.0 Å².